The van der Waals surface area contributed by atoms with Gasteiger partial charge in [-0.2, -0.15) is 0 Å². The summed E-state index contributed by atoms with van der Waals surface area (Å²) in [5.74, 6) is 0.483. The van der Waals surface area contributed by atoms with E-state index in [1.54, 1.807) is 0 Å². The highest BCUT2D eigenvalue weighted by Gasteiger charge is 2.36. The number of hydrogen-bond donors (Lipinski definition) is 2. The minimum Gasteiger partial charge on any atom is -0.368 e. The molecule has 2 heterocycles. The lowest BCUT2D eigenvalue weighted by Gasteiger charge is -2.24. The van der Waals surface area contributed by atoms with Crippen LogP contribution in [0.1, 0.15) is 23.5 Å². The number of benzene rings is 1. The van der Waals surface area contributed by atoms with Crippen LogP contribution in [-0.4, -0.2) is 18.5 Å². The summed E-state index contributed by atoms with van der Waals surface area (Å²) in [5, 5.41) is 7.17. The van der Waals surface area contributed by atoms with Crippen LogP contribution in [-0.2, 0) is 0 Å². The number of halogens is 1. The highest BCUT2D eigenvalue weighted by Crippen LogP contribution is 2.46. The molecule has 96 valence electrons. The third-order valence-corrected chi connectivity index (χ3v) is 4.63. The normalized spacial score (nSPS) is 29.6. The lowest BCUT2D eigenvalue weighted by Crippen LogP contribution is -2.42. The van der Waals surface area contributed by atoms with Crippen LogP contribution in [0.4, 0.5) is 5.69 Å². The van der Waals surface area contributed by atoms with E-state index in [0.29, 0.717) is 5.92 Å². The van der Waals surface area contributed by atoms with Crippen LogP contribution in [0.5, 0.6) is 0 Å². The Morgan fingerprint density at radius 2 is 2.32 bits per heavy atom. The summed E-state index contributed by atoms with van der Waals surface area (Å²) < 4.78 is 1.14. The summed E-state index contributed by atoms with van der Waals surface area (Å²) >= 11 is 3.64. The third kappa shape index (κ3) is 1.78. The molecule has 2 N–H and O–H groups in total. The van der Waals surface area contributed by atoms with E-state index >= 15 is 0 Å². The number of rotatable bonds is 2. The number of nitrogens with one attached hydrogen (secondary N) is 2. The van der Waals surface area contributed by atoms with Gasteiger partial charge >= 0.3 is 0 Å². The number of aliphatic imine (C=N–C) groups is 1. The van der Waals surface area contributed by atoms with Gasteiger partial charge in [0.1, 0.15) is 6.17 Å². The maximum Gasteiger partial charge on any atom is 0.120 e. The molecular formula is C15H14BrN3. The lowest BCUT2D eigenvalue weighted by molar-refractivity contribution is 0.464. The molecule has 1 aromatic carbocycles. The summed E-state index contributed by atoms with van der Waals surface area (Å²) in [6.45, 7) is 0. The zero-order valence-corrected chi connectivity index (χ0v) is 11.9. The fourth-order valence-corrected chi connectivity index (χ4v) is 3.57. The lowest BCUT2D eigenvalue weighted by atomic mass is 9.87. The molecule has 4 heteroatoms. The smallest absolute Gasteiger partial charge is 0.120 e. The van der Waals surface area contributed by atoms with Crippen molar-refractivity contribution in [3.05, 3.63) is 46.0 Å². The molecule has 19 heavy (non-hydrogen) atoms. The first-order valence-corrected chi connectivity index (χ1v) is 7.34. The number of hydrogen-bond acceptors (Lipinski definition) is 3. The van der Waals surface area contributed by atoms with Crippen LogP contribution in [0.25, 0.3) is 6.08 Å². The van der Waals surface area contributed by atoms with Crippen LogP contribution in [0.15, 0.2) is 39.8 Å². The zero-order valence-electron chi connectivity index (χ0n) is 10.3. The molecule has 3 unspecified atom stereocenters. The molecule has 3 atom stereocenters. The van der Waals surface area contributed by atoms with Crippen molar-refractivity contribution in [2.45, 2.75) is 24.7 Å². The number of allylic oxidation sites excluding steroid dienone is 2. The highest BCUT2D eigenvalue weighted by atomic mass is 79.9. The van der Waals surface area contributed by atoms with Gasteiger partial charge in [0.25, 0.3) is 0 Å². The maximum atomic E-state index is 4.38. The minimum absolute atomic E-state index is 0.0972. The third-order valence-electron chi connectivity index (χ3n) is 3.97. The van der Waals surface area contributed by atoms with Gasteiger partial charge < -0.3 is 5.32 Å². The molecule has 0 bridgehead atoms. The first-order valence-electron chi connectivity index (χ1n) is 6.54. The molecule has 0 fully saturated rings. The van der Waals surface area contributed by atoms with E-state index in [0.717, 1.165) is 10.9 Å². The quantitative estimate of drug-likeness (QED) is 0.879. The largest absolute Gasteiger partial charge is 0.368 e. The zero-order chi connectivity index (χ0) is 12.8. The second kappa shape index (κ2) is 4.32. The second-order valence-electron chi connectivity index (χ2n) is 5.09. The first-order chi connectivity index (χ1) is 9.33. The van der Waals surface area contributed by atoms with Crippen molar-refractivity contribution in [2.24, 2.45) is 4.99 Å². The van der Waals surface area contributed by atoms with Crippen LogP contribution in [0.2, 0.25) is 0 Å². The summed E-state index contributed by atoms with van der Waals surface area (Å²) in [4.78, 5) is 4.38. The molecular weight excluding hydrogens is 302 g/mol. The van der Waals surface area contributed by atoms with Gasteiger partial charge in [-0.05, 0) is 51.7 Å². The molecule has 0 saturated carbocycles. The Bertz CT molecular complexity index is 606. The Kier molecular flexibility index (Phi) is 2.60. The van der Waals surface area contributed by atoms with Gasteiger partial charge in [0.05, 0.1) is 11.9 Å². The Morgan fingerprint density at radius 1 is 1.37 bits per heavy atom. The SMILES string of the molecule is Brc1ccc2c3c1NC(NC1C=CC=N1)C3CC=C2. The molecule has 0 aromatic heterocycles. The second-order valence-corrected chi connectivity index (χ2v) is 5.94. The predicted octanol–water partition coefficient (Wildman–Crippen LogP) is 3.26. The summed E-state index contributed by atoms with van der Waals surface area (Å²) in [7, 11) is 0. The van der Waals surface area contributed by atoms with Crippen molar-refractivity contribution in [3.8, 4) is 0 Å². The molecule has 0 saturated heterocycles. The molecule has 0 amide bonds. The molecule has 1 aliphatic carbocycles. The van der Waals surface area contributed by atoms with Crippen molar-refractivity contribution in [2.75, 3.05) is 5.32 Å². The van der Waals surface area contributed by atoms with Crippen molar-refractivity contribution in [1.29, 1.82) is 0 Å². The van der Waals surface area contributed by atoms with Crippen LogP contribution in [0, 0.1) is 0 Å². The fourth-order valence-electron chi connectivity index (χ4n) is 3.11. The average molecular weight is 316 g/mol. The monoisotopic (exact) mass is 315 g/mol. The molecule has 2 aliphatic heterocycles. The van der Waals surface area contributed by atoms with Crippen molar-refractivity contribution in [3.63, 3.8) is 0 Å². The Morgan fingerprint density at radius 3 is 3.16 bits per heavy atom. The Labute approximate surface area is 120 Å². The maximum absolute atomic E-state index is 4.38. The highest BCUT2D eigenvalue weighted by molar-refractivity contribution is 9.10. The molecule has 3 nitrogen and oxygen atoms in total. The van der Waals surface area contributed by atoms with Gasteiger partial charge in [-0.25, -0.2) is 0 Å². The minimum atomic E-state index is 0.0972. The van der Waals surface area contributed by atoms with Crippen molar-refractivity contribution in [1.82, 2.24) is 5.32 Å². The van der Waals surface area contributed by atoms with Crippen molar-refractivity contribution < 1.29 is 0 Å². The molecule has 3 aliphatic rings. The van der Waals surface area contributed by atoms with Gasteiger partial charge in [-0.1, -0.05) is 18.2 Å². The number of nitrogens with zero attached hydrogens (tertiary/aromatic N) is 1. The van der Waals surface area contributed by atoms with E-state index in [9.17, 15) is 0 Å². The van der Waals surface area contributed by atoms with Gasteiger partial charge in [0, 0.05) is 16.6 Å². The van der Waals surface area contributed by atoms with Gasteiger partial charge in [-0.15, -0.1) is 0 Å². The van der Waals surface area contributed by atoms with E-state index in [1.807, 2.05) is 12.3 Å². The fraction of sp³-hybridized carbons (Fsp3) is 0.267. The van der Waals surface area contributed by atoms with E-state index < -0.39 is 0 Å². The topological polar surface area (TPSA) is 36.4 Å². The van der Waals surface area contributed by atoms with E-state index in [4.69, 9.17) is 0 Å². The van der Waals surface area contributed by atoms with Gasteiger partial charge in [-0.3, -0.25) is 10.3 Å². The van der Waals surface area contributed by atoms with E-state index in [-0.39, 0.29) is 12.3 Å². The Hall–Kier alpha value is -1.39. The van der Waals surface area contributed by atoms with Crippen molar-refractivity contribution >= 4 is 33.9 Å². The summed E-state index contributed by atoms with van der Waals surface area (Å²) in [6.07, 6.45) is 11.8. The summed E-state index contributed by atoms with van der Waals surface area (Å²) in [5.41, 5.74) is 3.99. The molecule has 0 spiro atoms. The predicted molar refractivity (Wildman–Crippen MR) is 82.5 cm³/mol. The molecule has 4 rings (SSSR count). The van der Waals surface area contributed by atoms with Crippen LogP contribution >= 0.6 is 15.9 Å². The number of anilines is 1. The molecule has 0 radical (unpaired) electrons. The van der Waals surface area contributed by atoms with E-state index in [2.05, 4.69) is 61.9 Å². The van der Waals surface area contributed by atoms with Gasteiger partial charge in [0.15, 0.2) is 0 Å². The van der Waals surface area contributed by atoms with E-state index in [1.165, 1.54) is 16.8 Å². The van der Waals surface area contributed by atoms with Gasteiger partial charge in [0.2, 0.25) is 0 Å². The Balaban J connectivity index is 1.69. The average Bonchev–Trinajstić information content (AvgIpc) is 3.05. The summed E-state index contributed by atoms with van der Waals surface area (Å²) in [6, 6.07) is 4.30. The standard InChI is InChI=1S/C15H14BrN3/c16-11-7-6-9-3-1-4-10-13(9)14(11)19-15(10)18-12-5-2-8-17-12/h1-3,5-8,10,12,15,18-19H,4H2. The van der Waals surface area contributed by atoms with Crippen LogP contribution in [0.3, 0.4) is 0 Å². The van der Waals surface area contributed by atoms with Crippen LogP contribution < -0.4 is 10.6 Å². The molecule has 1 aromatic rings. The first kappa shape index (κ1) is 11.4.